The van der Waals surface area contributed by atoms with Gasteiger partial charge in [0.1, 0.15) is 0 Å². The van der Waals surface area contributed by atoms with Gasteiger partial charge in [0.15, 0.2) is 11.5 Å². The van der Waals surface area contributed by atoms with Gasteiger partial charge in [-0.15, -0.1) is 0 Å². The van der Waals surface area contributed by atoms with Crippen LogP contribution in [0.1, 0.15) is 30.1 Å². The lowest BCUT2D eigenvalue weighted by Gasteiger charge is -2.23. The van der Waals surface area contributed by atoms with Crippen LogP contribution in [0.5, 0.6) is 11.5 Å². The highest BCUT2D eigenvalue weighted by molar-refractivity contribution is 5.95. The number of hydrogen-bond acceptors (Lipinski definition) is 6. The Morgan fingerprint density at radius 3 is 2.36 bits per heavy atom. The minimum atomic E-state index is -0.352. The fourth-order valence-electron chi connectivity index (χ4n) is 2.30. The summed E-state index contributed by atoms with van der Waals surface area (Å²) in [6.45, 7) is 3.89. The molecule has 25 heavy (non-hydrogen) atoms. The smallest absolute Gasteiger partial charge is 0.307 e. The van der Waals surface area contributed by atoms with Crippen molar-refractivity contribution in [2.75, 3.05) is 47.6 Å². The summed E-state index contributed by atoms with van der Waals surface area (Å²) >= 11 is 0. The van der Waals surface area contributed by atoms with Gasteiger partial charge in [-0.1, -0.05) is 0 Å². The number of methoxy groups -OCH3 is 3. The summed E-state index contributed by atoms with van der Waals surface area (Å²) in [5, 5.41) is 0. The number of ether oxygens (including phenoxy) is 4. The van der Waals surface area contributed by atoms with Crippen molar-refractivity contribution in [3.8, 4) is 11.5 Å². The van der Waals surface area contributed by atoms with Gasteiger partial charge in [-0.25, -0.2) is 0 Å². The molecule has 1 amide bonds. The van der Waals surface area contributed by atoms with Crippen LogP contribution in [0.4, 0.5) is 0 Å². The largest absolute Gasteiger partial charge is 0.493 e. The van der Waals surface area contributed by atoms with E-state index in [4.69, 9.17) is 14.2 Å². The molecule has 1 aromatic carbocycles. The van der Waals surface area contributed by atoms with Gasteiger partial charge in [-0.3, -0.25) is 9.59 Å². The van der Waals surface area contributed by atoms with Crippen molar-refractivity contribution in [1.29, 1.82) is 0 Å². The molecule has 1 aromatic rings. The van der Waals surface area contributed by atoms with E-state index < -0.39 is 0 Å². The molecule has 0 unspecified atom stereocenters. The Hall–Kier alpha value is -2.28. The zero-order chi connectivity index (χ0) is 18.7. The van der Waals surface area contributed by atoms with Crippen LogP contribution < -0.4 is 9.47 Å². The second-order valence-corrected chi connectivity index (χ2v) is 5.24. The van der Waals surface area contributed by atoms with E-state index in [-0.39, 0.29) is 24.8 Å². The molecule has 0 N–H and O–H groups in total. The molecule has 1 rings (SSSR count). The average molecular weight is 353 g/mol. The van der Waals surface area contributed by atoms with Crippen LogP contribution >= 0.6 is 0 Å². The first-order chi connectivity index (χ1) is 12.1. The van der Waals surface area contributed by atoms with E-state index in [0.717, 1.165) is 0 Å². The maximum Gasteiger partial charge on any atom is 0.307 e. The van der Waals surface area contributed by atoms with Crippen LogP contribution in [0.3, 0.4) is 0 Å². The normalized spacial score (nSPS) is 10.2. The van der Waals surface area contributed by atoms with E-state index in [1.807, 2.05) is 6.92 Å². The van der Waals surface area contributed by atoms with E-state index in [0.29, 0.717) is 43.2 Å². The first-order valence-electron chi connectivity index (χ1n) is 8.23. The lowest BCUT2D eigenvalue weighted by molar-refractivity contribution is -0.140. The molecule has 0 bridgehead atoms. The van der Waals surface area contributed by atoms with Gasteiger partial charge in [-0.05, 0) is 31.5 Å². The maximum atomic E-state index is 12.8. The van der Waals surface area contributed by atoms with Gasteiger partial charge >= 0.3 is 5.97 Å². The molecule has 7 heteroatoms. The summed E-state index contributed by atoms with van der Waals surface area (Å²) in [6.07, 6.45) is 0.832. The van der Waals surface area contributed by atoms with Crippen LogP contribution in [0.25, 0.3) is 0 Å². The lowest BCUT2D eigenvalue weighted by Crippen LogP contribution is -2.34. The van der Waals surface area contributed by atoms with Crippen LogP contribution in [-0.2, 0) is 14.3 Å². The highest BCUT2D eigenvalue weighted by Gasteiger charge is 2.18. The Balaban J connectivity index is 2.86. The number of esters is 1. The second-order valence-electron chi connectivity index (χ2n) is 5.24. The summed E-state index contributed by atoms with van der Waals surface area (Å²) in [6, 6.07) is 5.00. The molecule has 0 spiro atoms. The van der Waals surface area contributed by atoms with Gasteiger partial charge in [0.2, 0.25) is 0 Å². The summed E-state index contributed by atoms with van der Waals surface area (Å²) in [7, 11) is 4.39. The van der Waals surface area contributed by atoms with Crippen molar-refractivity contribution in [3.05, 3.63) is 23.8 Å². The van der Waals surface area contributed by atoms with Gasteiger partial charge in [0, 0.05) is 31.9 Å². The fourth-order valence-corrected chi connectivity index (χ4v) is 2.30. The Kier molecular flexibility index (Phi) is 9.39. The summed E-state index contributed by atoms with van der Waals surface area (Å²) in [4.78, 5) is 25.9. The molecule has 0 heterocycles. The number of carbonyl (C=O) groups is 2. The van der Waals surface area contributed by atoms with E-state index in [1.165, 1.54) is 21.3 Å². The third kappa shape index (κ3) is 6.62. The van der Waals surface area contributed by atoms with Crippen LogP contribution in [0, 0.1) is 0 Å². The maximum absolute atomic E-state index is 12.8. The topological polar surface area (TPSA) is 74.3 Å². The van der Waals surface area contributed by atoms with Crippen molar-refractivity contribution in [1.82, 2.24) is 4.90 Å². The van der Waals surface area contributed by atoms with Gasteiger partial charge in [0.25, 0.3) is 5.91 Å². The molecule has 0 aliphatic heterocycles. The Bertz CT molecular complexity index is 560. The van der Waals surface area contributed by atoms with Crippen LogP contribution in [0.2, 0.25) is 0 Å². The molecular formula is C18H27NO6. The summed E-state index contributed by atoms with van der Waals surface area (Å²) in [5.41, 5.74) is 0.471. The summed E-state index contributed by atoms with van der Waals surface area (Å²) in [5.74, 6) is 0.503. The zero-order valence-corrected chi connectivity index (χ0v) is 15.4. The van der Waals surface area contributed by atoms with E-state index in [9.17, 15) is 9.59 Å². The molecule has 0 saturated carbocycles. The minimum absolute atomic E-state index is 0.143. The quantitative estimate of drug-likeness (QED) is 0.448. The van der Waals surface area contributed by atoms with Crippen LogP contribution in [0.15, 0.2) is 18.2 Å². The van der Waals surface area contributed by atoms with Crippen molar-refractivity contribution in [3.63, 3.8) is 0 Å². The zero-order valence-electron chi connectivity index (χ0n) is 15.4. The molecular weight excluding hydrogens is 326 g/mol. The third-order valence-corrected chi connectivity index (χ3v) is 3.65. The average Bonchev–Trinajstić information content (AvgIpc) is 2.65. The van der Waals surface area contributed by atoms with Crippen molar-refractivity contribution >= 4 is 11.9 Å². The summed E-state index contributed by atoms with van der Waals surface area (Å²) < 4.78 is 20.4. The number of carbonyl (C=O) groups excluding carboxylic acids is 2. The Labute approximate surface area is 148 Å². The third-order valence-electron chi connectivity index (χ3n) is 3.65. The molecule has 7 nitrogen and oxygen atoms in total. The van der Waals surface area contributed by atoms with Crippen molar-refractivity contribution < 1.29 is 28.5 Å². The van der Waals surface area contributed by atoms with E-state index in [1.54, 1.807) is 23.1 Å². The van der Waals surface area contributed by atoms with E-state index >= 15 is 0 Å². The highest BCUT2D eigenvalue weighted by Crippen LogP contribution is 2.28. The van der Waals surface area contributed by atoms with Gasteiger partial charge in [0.05, 0.1) is 27.8 Å². The fraction of sp³-hybridized carbons (Fsp3) is 0.556. The molecule has 0 radical (unpaired) electrons. The molecule has 0 saturated heterocycles. The number of rotatable bonds is 11. The van der Waals surface area contributed by atoms with E-state index in [2.05, 4.69) is 4.74 Å². The number of benzene rings is 1. The molecule has 0 aliphatic carbocycles. The number of amides is 1. The standard InChI is InChI=1S/C18H27NO6/c1-5-25-12-6-10-19(11-9-17(20)24-4)18(21)14-7-8-15(22-2)16(13-14)23-3/h7-8,13H,5-6,9-12H2,1-4H3. The van der Waals surface area contributed by atoms with Crippen molar-refractivity contribution in [2.24, 2.45) is 0 Å². The highest BCUT2D eigenvalue weighted by atomic mass is 16.5. The molecule has 0 atom stereocenters. The molecule has 0 fully saturated rings. The number of nitrogens with zero attached hydrogens (tertiary/aromatic N) is 1. The second kappa shape index (κ2) is 11.3. The van der Waals surface area contributed by atoms with Crippen LogP contribution in [-0.4, -0.2) is 64.4 Å². The van der Waals surface area contributed by atoms with Gasteiger partial charge in [-0.2, -0.15) is 0 Å². The first kappa shape index (κ1) is 20.8. The first-order valence-corrected chi connectivity index (χ1v) is 8.23. The van der Waals surface area contributed by atoms with Gasteiger partial charge < -0.3 is 23.8 Å². The minimum Gasteiger partial charge on any atom is -0.493 e. The molecule has 140 valence electrons. The lowest BCUT2D eigenvalue weighted by atomic mass is 10.1. The molecule has 0 aromatic heterocycles. The Morgan fingerprint density at radius 1 is 1.04 bits per heavy atom. The predicted octanol–water partition coefficient (Wildman–Crippen LogP) is 2.14. The number of hydrogen-bond donors (Lipinski definition) is 0. The Morgan fingerprint density at radius 2 is 1.76 bits per heavy atom. The van der Waals surface area contributed by atoms with Crippen molar-refractivity contribution in [2.45, 2.75) is 19.8 Å². The monoisotopic (exact) mass is 353 g/mol. The SMILES string of the molecule is CCOCCCN(CCC(=O)OC)C(=O)c1ccc(OC)c(OC)c1. The predicted molar refractivity (Wildman–Crippen MR) is 93.2 cm³/mol. The molecule has 0 aliphatic rings.